The monoisotopic (exact) mass is 234 g/mol. The predicted octanol–water partition coefficient (Wildman–Crippen LogP) is 2.10. The van der Waals surface area contributed by atoms with Gasteiger partial charge in [-0.05, 0) is 25.5 Å². The van der Waals surface area contributed by atoms with Crippen LogP contribution in [-0.2, 0) is 0 Å². The van der Waals surface area contributed by atoms with Crippen molar-refractivity contribution in [3.8, 4) is 17.6 Å². The maximum atomic E-state index is 8.80. The van der Waals surface area contributed by atoms with Gasteiger partial charge in [-0.2, -0.15) is 5.26 Å². The van der Waals surface area contributed by atoms with E-state index in [4.69, 9.17) is 20.5 Å². The summed E-state index contributed by atoms with van der Waals surface area (Å²) in [5.41, 5.74) is 4.70. The molecule has 0 heterocycles. The minimum absolute atomic E-state index is 0.135. The van der Waals surface area contributed by atoms with Gasteiger partial charge in [-0.1, -0.05) is 19.1 Å². The van der Waals surface area contributed by atoms with Gasteiger partial charge in [-0.15, -0.1) is 0 Å². The number of para-hydroxylation sites is 2. The van der Waals surface area contributed by atoms with Gasteiger partial charge in [-0.3, -0.25) is 0 Å². The van der Waals surface area contributed by atoms with Crippen LogP contribution in [0.15, 0.2) is 24.3 Å². The Bertz CT molecular complexity index is 397. The summed E-state index contributed by atoms with van der Waals surface area (Å²) >= 11 is 0. The van der Waals surface area contributed by atoms with Gasteiger partial charge in [0.2, 0.25) is 0 Å². The molecule has 1 aromatic carbocycles. The van der Waals surface area contributed by atoms with Gasteiger partial charge in [0.1, 0.15) is 12.1 Å². The third-order valence-corrected chi connectivity index (χ3v) is 2.09. The third kappa shape index (κ3) is 4.33. The summed E-state index contributed by atoms with van der Waals surface area (Å²) in [6.07, 6.45) is 0.932. The molecule has 2 N–H and O–H groups in total. The van der Waals surface area contributed by atoms with Crippen molar-refractivity contribution in [2.24, 2.45) is 5.73 Å². The minimum Gasteiger partial charge on any atom is -0.490 e. The molecule has 1 unspecified atom stereocenters. The second kappa shape index (κ2) is 6.12. The van der Waals surface area contributed by atoms with Gasteiger partial charge < -0.3 is 15.2 Å². The molecule has 0 amide bonds. The Morgan fingerprint density at radius 1 is 1.29 bits per heavy atom. The molecule has 92 valence electrons. The van der Waals surface area contributed by atoms with Crippen LogP contribution >= 0.6 is 0 Å². The van der Waals surface area contributed by atoms with Crippen molar-refractivity contribution in [2.45, 2.75) is 25.8 Å². The lowest BCUT2D eigenvalue weighted by molar-refractivity contribution is 0.240. The van der Waals surface area contributed by atoms with Gasteiger partial charge in [0.25, 0.3) is 0 Å². The molecule has 0 spiro atoms. The van der Waals surface area contributed by atoms with E-state index in [1.54, 1.807) is 13.0 Å². The highest BCUT2D eigenvalue weighted by Gasteiger charge is 2.19. The molecular weight excluding hydrogens is 216 g/mol. The van der Waals surface area contributed by atoms with Crippen molar-refractivity contribution in [3.05, 3.63) is 24.3 Å². The van der Waals surface area contributed by atoms with E-state index in [0.717, 1.165) is 6.42 Å². The number of rotatable bonds is 6. The zero-order chi connectivity index (χ0) is 12.7. The van der Waals surface area contributed by atoms with Crippen molar-refractivity contribution in [3.63, 3.8) is 0 Å². The van der Waals surface area contributed by atoms with Crippen molar-refractivity contribution < 1.29 is 9.47 Å². The molecule has 0 saturated heterocycles. The maximum Gasteiger partial charge on any atom is 0.161 e. The zero-order valence-corrected chi connectivity index (χ0v) is 10.3. The van der Waals surface area contributed by atoms with Crippen LogP contribution < -0.4 is 15.2 Å². The fraction of sp³-hybridized carbons (Fsp3) is 0.462. The highest BCUT2D eigenvalue weighted by Crippen LogP contribution is 2.27. The summed E-state index contributed by atoms with van der Waals surface area (Å²) in [5.74, 6) is 1.30. The fourth-order valence-corrected chi connectivity index (χ4v) is 1.16. The summed E-state index contributed by atoms with van der Waals surface area (Å²) in [6.45, 7) is 4.44. The quantitative estimate of drug-likeness (QED) is 0.818. The summed E-state index contributed by atoms with van der Waals surface area (Å²) < 4.78 is 11.1. The van der Waals surface area contributed by atoms with Crippen LogP contribution in [0.3, 0.4) is 0 Å². The number of hydrogen-bond acceptors (Lipinski definition) is 4. The van der Waals surface area contributed by atoms with Gasteiger partial charge >= 0.3 is 0 Å². The van der Waals surface area contributed by atoms with Crippen LogP contribution in [0.2, 0.25) is 0 Å². The Labute approximate surface area is 102 Å². The number of nitrogens with zero attached hydrogens (tertiary/aromatic N) is 1. The molecular formula is C13H18N2O2. The average molecular weight is 234 g/mol. The van der Waals surface area contributed by atoms with Gasteiger partial charge in [0.05, 0.1) is 12.7 Å². The van der Waals surface area contributed by atoms with E-state index in [-0.39, 0.29) is 6.61 Å². The molecule has 17 heavy (non-hydrogen) atoms. The normalized spacial score (nSPS) is 13.5. The summed E-state index contributed by atoms with van der Waals surface area (Å²) in [4.78, 5) is 0. The van der Waals surface area contributed by atoms with Crippen molar-refractivity contribution >= 4 is 0 Å². The van der Waals surface area contributed by atoms with E-state index in [1.165, 1.54) is 0 Å². The highest BCUT2D eigenvalue weighted by molar-refractivity contribution is 5.39. The van der Waals surface area contributed by atoms with E-state index in [9.17, 15) is 0 Å². The lowest BCUT2D eigenvalue weighted by Gasteiger charge is -2.18. The summed E-state index contributed by atoms with van der Waals surface area (Å²) in [5, 5.41) is 8.80. The number of ether oxygens (including phenoxy) is 2. The molecule has 0 aliphatic carbocycles. The minimum atomic E-state index is -0.988. The van der Waals surface area contributed by atoms with E-state index in [1.807, 2.05) is 31.2 Å². The predicted molar refractivity (Wildman–Crippen MR) is 65.9 cm³/mol. The Morgan fingerprint density at radius 2 is 1.88 bits per heavy atom. The maximum absolute atomic E-state index is 8.80. The second-order valence-electron chi connectivity index (χ2n) is 4.11. The number of nitrogens with two attached hydrogens (primary N) is 1. The molecule has 4 heteroatoms. The standard InChI is InChI=1S/C13H18N2O2/c1-3-8-16-11-6-4-5-7-12(11)17-10-13(2,15)9-14/h4-7H,3,8,10,15H2,1-2H3. The van der Waals surface area contributed by atoms with Gasteiger partial charge in [-0.25, -0.2) is 0 Å². The fourth-order valence-electron chi connectivity index (χ4n) is 1.16. The average Bonchev–Trinajstić information content (AvgIpc) is 2.35. The smallest absolute Gasteiger partial charge is 0.161 e. The van der Waals surface area contributed by atoms with E-state index in [2.05, 4.69) is 0 Å². The third-order valence-electron chi connectivity index (χ3n) is 2.09. The summed E-state index contributed by atoms with van der Waals surface area (Å²) in [6, 6.07) is 9.36. The van der Waals surface area contributed by atoms with E-state index >= 15 is 0 Å². The van der Waals surface area contributed by atoms with Crippen molar-refractivity contribution in [1.29, 1.82) is 5.26 Å². The molecule has 1 rings (SSSR count). The Morgan fingerprint density at radius 3 is 2.41 bits per heavy atom. The molecule has 1 atom stereocenters. The molecule has 0 aromatic heterocycles. The first-order valence-electron chi connectivity index (χ1n) is 5.64. The van der Waals surface area contributed by atoms with Crippen LogP contribution in [-0.4, -0.2) is 18.8 Å². The Balaban J connectivity index is 2.67. The number of benzene rings is 1. The molecule has 0 aliphatic rings. The largest absolute Gasteiger partial charge is 0.490 e. The van der Waals surface area contributed by atoms with E-state index < -0.39 is 5.54 Å². The van der Waals surface area contributed by atoms with Gasteiger partial charge in [0.15, 0.2) is 11.5 Å². The molecule has 1 aromatic rings. The van der Waals surface area contributed by atoms with Crippen LogP contribution in [0.25, 0.3) is 0 Å². The molecule has 4 nitrogen and oxygen atoms in total. The first-order chi connectivity index (χ1) is 8.09. The molecule has 0 radical (unpaired) electrons. The lowest BCUT2D eigenvalue weighted by Crippen LogP contribution is -2.40. The molecule has 0 bridgehead atoms. The lowest BCUT2D eigenvalue weighted by atomic mass is 10.1. The van der Waals surface area contributed by atoms with Crippen LogP contribution in [0.1, 0.15) is 20.3 Å². The first-order valence-corrected chi connectivity index (χ1v) is 5.64. The summed E-state index contributed by atoms with van der Waals surface area (Å²) in [7, 11) is 0. The topological polar surface area (TPSA) is 68.3 Å². The molecule has 0 fully saturated rings. The second-order valence-corrected chi connectivity index (χ2v) is 4.11. The van der Waals surface area contributed by atoms with Crippen molar-refractivity contribution in [2.75, 3.05) is 13.2 Å². The van der Waals surface area contributed by atoms with Crippen molar-refractivity contribution in [1.82, 2.24) is 0 Å². The Kier molecular flexibility index (Phi) is 4.80. The van der Waals surface area contributed by atoms with E-state index in [0.29, 0.717) is 18.1 Å². The van der Waals surface area contributed by atoms with Gasteiger partial charge in [0, 0.05) is 0 Å². The van der Waals surface area contributed by atoms with Crippen LogP contribution in [0, 0.1) is 11.3 Å². The van der Waals surface area contributed by atoms with Crippen LogP contribution in [0.5, 0.6) is 11.5 Å². The molecule has 0 saturated carbocycles. The number of hydrogen-bond donors (Lipinski definition) is 1. The SMILES string of the molecule is CCCOc1ccccc1OCC(C)(N)C#N. The first kappa shape index (κ1) is 13.3. The Hall–Kier alpha value is -1.73. The molecule has 0 aliphatic heterocycles. The zero-order valence-electron chi connectivity index (χ0n) is 10.3. The van der Waals surface area contributed by atoms with Crippen LogP contribution in [0.4, 0.5) is 0 Å². The highest BCUT2D eigenvalue weighted by atomic mass is 16.5. The number of nitriles is 1.